The van der Waals surface area contributed by atoms with Crippen molar-refractivity contribution in [1.82, 2.24) is 9.97 Å². The second-order valence-electron chi connectivity index (χ2n) is 8.45. The van der Waals surface area contributed by atoms with Crippen molar-refractivity contribution in [2.24, 2.45) is 0 Å². The number of rotatable bonds is 9. The Morgan fingerprint density at radius 3 is 2.09 bits per heavy atom. The lowest BCUT2D eigenvalue weighted by molar-refractivity contribution is 0.227. The van der Waals surface area contributed by atoms with E-state index in [1.807, 2.05) is 19.9 Å². The molecule has 0 fully saturated rings. The summed E-state index contributed by atoms with van der Waals surface area (Å²) in [6.45, 7) is 15.0. The smallest absolute Gasteiger partial charge is 0.217 e. The summed E-state index contributed by atoms with van der Waals surface area (Å²) in [5.74, 6) is 1.53. The van der Waals surface area contributed by atoms with E-state index in [1.165, 1.54) is 16.7 Å². The lowest BCUT2D eigenvalue weighted by Crippen LogP contribution is -2.12. The van der Waals surface area contributed by atoms with E-state index in [0.717, 1.165) is 53.2 Å². The molecule has 0 bridgehead atoms. The van der Waals surface area contributed by atoms with Crippen LogP contribution in [0.5, 0.6) is 11.6 Å². The van der Waals surface area contributed by atoms with E-state index >= 15 is 0 Å². The van der Waals surface area contributed by atoms with E-state index in [0.29, 0.717) is 12.5 Å². The highest BCUT2D eigenvalue weighted by molar-refractivity contribution is 5.70. The molecule has 0 aliphatic heterocycles. The number of hydrogen-bond acceptors (Lipinski definition) is 4. The van der Waals surface area contributed by atoms with Crippen LogP contribution in [0.3, 0.4) is 0 Å². The maximum absolute atomic E-state index is 6.26. The Hall–Kier alpha value is -2.88. The third-order valence-corrected chi connectivity index (χ3v) is 5.72. The van der Waals surface area contributed by atoms with Gasteiger partial charge in [-0.25, -0.2) is 4.98 Å². The van der Waals surface area contributed by atoms with Crippen molar-refractivity contribution in [3.63, 3.8) is 0 Å². The minimum Gasteiger partial charge on any atom is -0.490 e. The molecule has 0 aliphatic rings. The summed E-state index contributed by atoms with van der Waals surface area (Å²) in [5, 5.41) is 0. The fourth-order valence-electron chi connectivity index (χ4n) is 4.00. The first kappa shape index (κ1) is 23.8. The van der Waals surface area contributed by atoms with Crippen molar-refractivity contribution >= 4 is 0 Å². The highest BCUT2D eigenvalue weighted by Gasteiger charge is 2.18. The molecule has 4 heteroatoms. The zero-order valence-electron chi connectivity index (χ0n) is 20.6. The van der Waals surface area contributed by atoms with Gasteiger partial charge in [0.05, 0.1) is 17.4 Å². The SMILES string of the molecule is CCc1ccc(C)nc1OCc1c(OC(C)C)cc(-c2c(CC)cccc2CC)nc1C. The van der Waals surface area contributed by atoms with Crippen LogP contribution in [0.25, 0.3) is 11.3 Å². The van der Waals surface area contributed by atoms with E-state index in [9.17, 15) is 0 Å². The Morgan fingerprint density at radius 1 is 0.844 bits per heavy atom. The lowest BCUT2D eigenvalue weighted by Gasteiger charge is -2.20. The quantitative estimate of drug-likeness (QED) is 0.372. The van der Waals surface area contributed by atoms with Gasteiger partial charge >= 0.3 is 0 Å². The van der Waals surface area contributed by atoms with Crippen LogP contribution >= 0.6 is 0 Å². The first-order valence-electron chi connectivity index (χ1n) is 11.7. The van der Waals surface area contributed by atoms with E-state index in [1.54, 1.807) is 0 Å². The predicted molar refractivity (Wildman–Crippen MR) is 132 cm³/mol. The van der Waals surface area contributed by atoms with Gasteiger partial charge in [0.25, 0.3) is 0 Å². The fraction of sp³-hybridized carbons (Fsp3) is 0.429. The van der Waals surface area contributed by atoms with Crippen molar-refractivity contribution in [3.8, 4) is 22.9 Å². The van der Waals surface area contributed by atoms with Gasteiger partial charge in [-0.2, -0.15) is 0 Å². The lowest BCUT2D eigenvalue weighted by atomic mass is 9.94. The first-order chi connectivity index (χ1) is 15.4. The second-order valence-corrected chi connectivity index (χ2v) is 8.45. The maximum Gasteiger partial charge on any atom is 0.217 e. The maximum atomic E-state index is 6.26. The molecule has 2 aromatic heterocycles. The molecule has 4 nitrogen and oxygen atoms in total. The molecule has 32 heavy (non-hydrogen) atoms. The van der Waals surface area contributed by atoms with E-state index < -0.39 is 0 Å². The molecule has 170 valence electrons. The molecule has 0 saturated heterocycles. The molecule has 0 aliphatic carbocycles. The molecular weight excluding hydrogens is 396 g/mol. The topological polar surface area (TPSA) is 44.2 Å². The minimum absolute atomic E-state index is 0.0544. The molecule has 0 radical (unpaired) electrons. The van der Waals surface area contributed by atoms with Gasteiger partial charge in [0.2, 0.25) is 5.88 Å². The van der Waals surface area contributed by atoms with E-state index in [2.05, 4.69) is 69.9 Å². The molecule has 0 atom stereocenters. The van der Waals surface area contributed by atoms with Gasteiger partial charge < -0.3 is 9.47 Å². The zero-order valence-corrected chi connectivity index (χ0v) is 20.6. The van der Waals surface area contributed by atoms with Gasteiger partial charge in [0.15, 0.2) is 0 Å². The highest BCUT2D eigenvalue weighted by atomic mass is 16.5. The number of nitrogens with zero attached hydrogens (tertiary/aromatic N) is 2. The Labute approximate surface area is 193 Å². The molecule has 0 unspecified atom stereocenters. The number of pyridine rings is 2. The van der Waals surface area contributed by atoms with Crippen LogP contribution in [0.1, 0.15) is 68.3 Å². The van der Waals surface area contributed by atoms with Gasteiger partial charge in [-0.15, -0.1) is 0 Å². The number of hydrogen-bond donors (Lipinski definition) is 0. The third kappa shape index (κ3) is 5.29. The van der Waals surface area contributed by atoms with Gasteiger partial charge in [0, 0.05) is 28.6 Å². The van der Waals surface area contributed by atoms with Crippen LogP contribution in [0.2, 0.25) is 0 Å². The van der Waals surface area contributed by atoms with Crippen LogP contribution in [-0.4, -0.2) is 16.1 Å². The zero-order chi connectivity index (χ0) is 23.3. The summed E-state index contributed by atoms with van der Waals surface area (Å²) in [7, 11) is 0. The average molecular weight is 433 g/mol. The van der Waals surface area contributed by atoms with Crippen molar-refractivity contribution < 1.29 is 9.47 Å². The number of aromatic nitrogens is 2. The molecule has 1 aromatic carbocycles. The number of ether oxygens (including phenoxy) is 2. The third-order valence-electron chi connectivity index (χ3n) is 5.72. The van der Waals surface area contributed by atoms with Gasteiger partial charge in [-0.05, 0) is 64.2 Å². The van der Waals surface area contributed by atoms with Crippen LogP contribution in [0, 0.1) is 13.8 Å². The molecule has 2 heterocycles. The predicted octanol–water partition coefficient (Wildman–Crippen LogP) is 6.81. The summed E-state index contributed by atoms with van der Waals surface area (Å²) in [6, 6.07) is 12.7. The summed E-state index contributed by atoms with van der Waals surface area (Å²) >= 11 is 0. The normalized spacial score (nSPS) is 11.1. The Bertz CT molecular complexity index is 1050. The van der Waals surface area contributed by atoms with Crippen molar-refractivity contribution in [2.45, 2.75) is 80.4 Å². The second kappa shape index (κ2) is 10.6. The fourth-order valence-corrected chi connectivity index (χ4v) is 4.00. The Kier molecular flexibility index (Phi) is 7.89. The van der Waals surface area contributed by atoms with E-state index in [4.69, 9.17) is 14.5 Å². The van der Waals surface area contributed by atoms with Crippen molar-refractivity contribution in [3.05, 3.63) is 70.0 Å². The standard InChI is InChI=1S/C28H36N2O2/c1-8-21-12-11-13-22(9-2)27(21)25-16-26(32-18(4)5)24(20(7)30-25)17-31-28-23(10-3)15-14-19(6)29-28/h11-16,18H,8-10,17H2,1-7H3. The average Bonchev–Trinajstić information content (AvgIpc) is 2.77. The monoisotopic (exact) mass is 432 g/mol. The van der Waals surface area contributed by atoms with E-state index in [-0.39, 0.29) is 6.10 Å². The van der Waals surface area contributed by atoms with Gasteiger partial charge in [-0.1, -0.05) is 45.0 Å². The summed E-state index contributed by atoms with van der Waals surface area (Å²) in [6.07, 6.45) is 2.86. The summed E-state index contributed by atoms with van der Waals surface area (Å²) in [5.41, 5.74) is 8.78. The summed E-state index contributed by atoms with van der Waals surface area (Å²) in [4.78, 5) is 9.63. The van der Waals surface area contributed by atoms with Gasteiger partial charge in [-0.3, -0.25) is 4.98 Å². The number of aryl methyl sites for hydroxylation is 5. The molecule has 3 aromatic rings. The minimum atomic E-state index is 0.0544. The molecule has 3 rings (SSSR count). The largest absolute Gasteiger partial charge is 0.490 e. The number of benzene rings is 1. The van der Waals surface area contributed by atoms with Crippen molar-refractivity contribution in [2.75, 3.05) is 0 Å². The van der Waals surface area contributed by atoms with Crippen LogP contribution in [0.15, 0.2) is 36.4 Å². The molecule has 0 spiro atoms. The van der Waals surface area contributed by atoms with Crippen LogP contribution < -0.4 is 9.47 Å². The summed E-state index contributed by atoms with van der Waals surface area (Å²) < 4.78 is 12.5. The van der Waals surface area contributed by atoms with Crippen LogP contribution in [0.4, 0.5) is 0 Å². The molecular formula is C28H36N2O2. The molecule has 0 saturated carbocycles. The Balaban J connectivity index is 2.05. The highest BCUT2D eigenvalue weighted by Crippen LogP contribution is 2.34. The first-order valence-corrected chi connectivity index (χ1v) is 11.7. The van der Waals surface area contributed by atoms with Crippen LogP contribution in [-0.2, 0) is 25.9 Å². The van der Waals surface area contributed by atoms with Crippen molar-refractivity contribution in [1.29, 1.82) is 0 Å². The molecule has 0 amide bonds. The van der Waals surface area contributed by atoms with Gasteiger partial charge in [0.1, 0.15) is 12.4 Å². The molecule has 0 N–H and O–H groups in total. The Morgan fingerprint density at radius 2 is 1.50 bits per heavy atom.